The summed E-state index contributed by atoms with van der Waals surface area (Å²) in [5.41, 5.74) is 4.02. The topological polar surface area (TPSA) is 113 Å². The van der Waals surface area contributed by atoms with Crippen LogP contribution < -0.4 is 14.8 Å². The molecule has 5 rings (SSSR count). The van der Waals surface area contributed by atoms with Crippen LogP contribution >= 0.6 is 0 Å². The van der Waals surface area contributed by atoms with E-state index in [4.69, 9.17) is 4.74 Å². The highest BCUT2D eigenvalue weighted by atomic mass is 32.2. The number of nitrogens with one attached hydrogen (secondary N) is 3. The quantitative estimate of drug-likeness (QED) is 0.226. The number of benzene rings is 4. The second-order valence-electron chi connectivity index (χ2n) is 8.38. The van der Waals surface area contributed by atoms with Crippen LogP contribution in [0.15, 0.2) is 108 Å². The van der Waals surface area contributed by atoms with Gasteiger partial charge in [-0.05, 0) is 60.2 Å². The number of anilines is 2. The Morgan fingerprint density at radius 3 is 2.55 bits per heavy atom. The molecule has 0 saturated carbocycles. The SMILES string of the molecule is COc1cccc(NS(=O)(=O)c2cccc(/C=C/C(=O)Nc3ccccc3-c3nc4ccccc4[nH]3)c2)c1. The highest BCUT2D eigenvalue weighted by Gasteiger charge is 2.15. The van der Waals surface area contributed by atoms with Crippen LogP contribution in [0.4, 0.5) is 11.4 Å². The van der Waals surface area contributed by atoms with E-state index in [1.807, 2.05) is 42.5 Å². The summed E-state index contributed by atoms with van der Waals surface area (Å²) in [7, 11) is -2.33. The van der Waals surface area contributed by atoms with Gasteiger partial charge in [-0.2, -0.15) is 0 Å². The average Bonchev–Trinajstić information content (AvgIpc) is 3.36. The number of methoxy groups -OCH3 is 1. The van der Waals surface area contributed by atoms with E-state index in [2.05, 4.69) is 20.0 Å². The fraction of sp³-hybridized carbons (Fsp3) is 0.0345. The average molecular weight is 525 g/mol. The first-order valence-corrected chi connectivity index (χ1v) is 13.2. The van der Waals surface area contributed by atoms with Gasteiger partial charge in [0.2, 0.25) is 5.91 Å². The molecule has 0 unspecified atom stereocenters. The molecule has 4 aromatic carbocycles. The van der Waals surface area contributed by atoms with Crippen LogP contribution in [0.2, 0.25) is 0 Å². The Kier molecular flexibility index (Phi) is 6.92. The summed E-state index contributed by atoms with van der Waals surface area (Å²) >= 11 is 0. The van der Waals surface area contributed by atoms with Crippen LogP contribution in [0.5, 0.6) is 5.75 Å². The lowest BCUT2D eigenvalue weighted by molar-refractivity contribution is -0.111. The second-order valence-corrected chi connectivity index (χ2v) is 10.1. The normalized spacial score (nSPS) is 11.5. The standard InChI is InChI=1S/C29H24N4O4S/c1-37-22-10-7-9-21(19-22)33-38(35,36)23-11-6-8-20(18-23)16-17-28(34)30-25-13-3-2-12-24(25)29-31-26-14-4-5-15-27(26)32-29/h2-19,33H,1H3,(H,30,34)(H,31,32)/b17-16+. The number of sulfonamides is 1. The fourth-order valence-electron chi connectivity index (χ4n) is 3.91. The molecule has 38 heavy (non-hydrogen) atoms. The third-order valence-electron chi connectivity index (χ3n) is 5.75. The molecule has 3 N–H and O–H groups in total. The number of fused-ring (bicyclic) bond motifs is 1. The number of amides is 1. The molecule has 0 fully saturated rings. The second kappa shape index (κ2) is 10.6. The minimum absolute atomic E-state index is 0.0677. The van der Waals surface area contributed by atoms with Crippen molar-refractivity contribution >= 4 is 44.4 Å². The Morgan fingerprint density at radius 1 is 0.921 bits per heavy atom. The van der Waals surface area contributed by atoms with E-state index in [1.54, 1.807) is 48.5 Å². The van der Waals surface area contributed by atoms with E-state index in [0.717, 1.165) is 16.6 Å². The highest BCUT2D eigenvalue weighted by molar-refractivity contribution is 7.92. The maximum atomic E-state index is 12.9. The molecule has 8 nitrogen and oxygen atoms in total. The van der Waals surface area contributed by atoms with Crippen LogP contribution in [0.1, 0.15) is 5.56 Å². The lowest BCUT2D eigenvalue weighted by Gasteiger charge is -2.10. The summed E-state index contributed by atoms with van der Waals surface area (Å²) in [5.74, 6) is 0.818. The molecule has 1 amide bonds. The van der Waals surface area contributed by atoms with Gasteiger partial charge < -0.3 is 15.0 Å². The van der Waals surface area contributed by atoms with E-state index in [0.29, 0.717) is 28.5 Å². The summed E-state index contributed by atoms with van der Waals surface area (Å²) < 4.78 is 33.5. The number of H-pyrrole nitrogens is 1. The Balaban J connectivity index is 1.32. The van der Waals surface area contributed by atoms with Crippen molar-refractivity contribution in [1.29, 1.82) is 0 Å². The molecule has 0 radical (unpaired) electrons. The number of rotatable bonds is 8. The number of carbonyl (C=O) groups excluding carboxylic acids is 1. The largest absolute Gasteiger partial charge is 0.497 e. The summed E-state index contributed by atoms with van der Waals surface area (Å²) in [6, 6.07) is 28.1. The van der Waals surface area contributed by atoms with Crippen LogP contribution in [-0.4, -0.2) is 31.4 Å². The van der Waals surface area contributed by atoms with Gasteiger partial charge in [0.05, 0.1) is 34.4 Å². The van der Waals surface area contributed by atoms with Crippen LogP contribution in [0.3, 0.4) is 0 Å². The van der Waals surface area contributed by atoms with Gasteiger partial charge in [0.1, 0.15) is 11.6 Å². The van der Waals surface area contributed by atoms with Gasteiger partial charge in [0.25, 0.3) is 10.0 Å². The molecule has 5 aromatic rings. The predicted molar refractivity (Wildman–Crippen MR) is 149 cm³/mol. The van der Waals surface area contributed by atoms with Gasteiger partial charge >= 0.3 is 0 Å². The molecule has 0 atom stereocenters. The Morgan fingerprint density at radius 2 is 1.71 bits per heavy atom. The molecule has 0 bridgehead atoms. The maximum Gasteiger partial charge on any atom is 0.261 e. The molecule has 0 spiro atoms. The third kappa shape index (κ3) is 5.58. The minimum atomic E-state index is -3.85. The molecule has 0 aliphatic carbocycles. The highest BCUT2D eigenvalue weighted by Crippen LogP contribution is 2.27. The van der Waals surface area contributed by atoms with Gasteiger partial charge in [0, 0.05) is 17.7 Å². The minimum Gasteiger partial charge on any atom is -0.497 e. The lowest BCUT2D eigenvalue weighted by atomic mass is 10.1. The van der Waals surface area contributed by atoms with Crippen molar-refractivity contribution in [2.75, 3.05) is 17.1 Å². The molecule has 0 aliphatic rings. The first kappa shape index (κ1) is 24.8. The summed E-state index contributed by atoms with van der Waals surface area (Å²) in [4.78, 5) is 20.7. The Bertz CT molecular complexity index is 1730. The van der Waals surface area contributed by atoms with E-state index in [1.165, 1.54) is 25.3 Å². The van der Waals surface area contributed by atoms with Gasteiger partial charge in [-0.1, -0.05) is 42.5 Å². The summed E-state index contributed by atoms with van der Waals surface area (Å²) in [6.07, 6.45) is 2.92. The third-order valence-corrected chi connectivity index (χ3v) is 7.13. The van der Waals surface area contributed by atoms with E-state index < -0.39 is 10.0 Å². The molecule has 0 saturated heterocycles. The number of aromatic amines is 1. The van der Waals surface area contributed by atoms with E-state index >= 15 is 0 Å². The van der Waals surface area contributed by atoms with Gasteiger partial charge in [-0.15, -0.1) is 0 Å². The van der Waals surface area contributed by atoms with E-state index in [-0.39, 0.29) is 10.8 Å². The van der Waals surface area contributed by atoms with Crippen LogP contribution in [-0.2, 0) is 14.8 Å². The van der Waals surface area contributed by atoms with E-state index in [9.17, 15) is 13.2 Å². The summed E-state index contributed by atoms with van der Waals surface area (Å²) in [5, 5.41) is 2.88. The first-order chi connectivity index (χ1) is 18.4. The first-order valence-electron chi connectivity index (χ1n) is 11.7. The molecule has 1 heterocycles. The molecule has 190 valence electrons. The lowest BCUT2D eigenvalue weighted by Crippen LogP contribution is -2.13. The summed E-state index contributed by atoms with van der Waals surface area (Å²) in [6.45, 7) is 0. The predicted octanol–water partition coefficient (Wildman–Crippen LogP) is 5.69. The van der Waals surface area contributed by atoms with Crippen molar-refractivity contribution < 1.29 is 17.9 Å². The Hall–Kier alpha value is -4.89. The van der Waals surface area contributed by atoms with Crippen molar-refractivity contribution in [2.24, 2.45) is 0 Å². The molecular weight excluding hydrogens is 500 g/mol. The van der Waals surface area contributed by atoms with Crippen molar-refractivity contribution in [2.45, 2.75) is 4.90 Å². The monoisotopic (exact) mass is 524 g/mol. The van der Waals surface area contributed by atoms with Crippen molar-refractivity contribution in [1.82, 2.24) is 9.97 Å². The molecule has 9 heteroatoms. The Labute approximate surface area is 220 Å². The smallest absolute Gasteiger partial charge is 0.261 e. The number of hydrogen-bond acceptors (Lipinski definition) is 5. The number of hydrogen-bond donors (Lipinski definition) is 3. The fourth-order valence-corrected chi connectivity index (χ4v) is 5.02. The molecule has 1 aromatic heterocycles. The zero-order valence-corrected chi connectivity index (χ0v) is 21.2. The van der Waals surface area contributed by atoms with Crippen LogP contribution in [0, 0.1) is 0 Å². The van der Waals surface area contributed by atoms with Crippen molar-refractivity contribution in [3.63, 3.8) is 0 Å². The van der Waals surface area contributed by atoms with Gasteiger partial charge in [-0.3, -0.25) is 9.52 Å². The zero-order valence-electron chi connectivity index (χ0n) is 20.4. The molecule has 0 aliphatic heterocycles. The number of para-hydroxylation sites is 3. The number of nitrogens with zero attached hydrogens (tertiary/aromatic N) is 1. The number of ether oxygens (including phenoxy) is 1. The molecular formula is C29H24N4O4S. The number of aromatic nitrogens is 2. The number of imidazole rings is 1. The maximum absolute atomic E-state index is 12.9. The number of carbonyl (C=O) groups is 1. The van der Waals surface area contributed by atoms with Crippen molar-refractivity contribution in [3.05, 3.63) is 109 Å². The zero-order chi connectivity index (χ0) is 26.5. The van der Waals surface area contributed by atoms with Crippen LogP contribution in [0.25, 0.3) is 28.5 Å². The van der Waals surface area contributed by atoms with Gasteiger partial charge in [0.15, 0.2) is 0 Å². The van der Waals surface area contributed by atoms with Crippen molar-refractivity contribution in [3.8, 4) is 17.1 Å². The van der Waals surface area contributed by atoms with Gasteiger partial charge in [-0.25, -0.2) is 13.4 Å².